The van der Waals surface area contributed by atoms with Crippen LogP contribution in [0.15, 0.2) is 36.4 Å². The number of methoxy groups -OCH3 is 1. The summed E-state index contributed by atoms with van der Waals surface area (Å²) in [7, 11) is 1.40. The fraction of sp³-hybridized carbons (Fsp3) is 0.143. The highest BCUT2D eigenvalue weighted by Gasteiger charge is 2.10. The zero-order valence-electron chi connectivity index (χ0n) is 11.1. The van der Waals surface area contributed by atoms with Gasteiger partial charge in [-0.1, -0.05) is 0 Å². The molecule has 0 aromatic heterocycles. The third kappa shape index (κ3) is 3.65. The predicted octanol–water partition coefficient (Wildman–Crippen LogP) is 3.49. The Hall–Kier alpha value is -2.70. The zero-order chi connectivity index (χ0) is 15.4. The Morgan fingerprint density at radius 1 is 1.19 bits per heavy atom. The summed E-state index contributed by atoms with van der Waals surface area (Å²) in [4.78, 5) is 10.0. The maximum Gasteiger partial charge on any atom is 0.272 e. The summed E-state index contributed by atoms with van der Waals surface area (Å²) in [5.74, 6) is -0.841. The molecule has 1 N–H and O–H groups in total. The summed E-state index contributed by atoms with van der Waals surface area (Å²) in [6.45, 7) is 0.139. The van der Waals surface area contributed by atoms with Crippen LogP contribution >= 0.6 is 0 Å². The van der Waals surface area contributed by atoms with Gasteiger partial charge in [0.15, 0.2) is 0 Å². The van der Waals surface area contributed by atoms with Crippen molar-refractivity contribution in [3.8, 4) is 5.75 Å². The molecule has 0 heterocycles. The van der Waals surface area contributed by atoms with E-state index in [1.165, 1.54) is 37.4 Å². The van der Waals surface area contributed by atoms with Gasteiger partial charge in [0.1, 0.15) is 17.4 Å². The highest BCUT2D eigenvalue weighted by atomic mass is 19.1. The van der Waals surface area contributed by atoms with Crippen LogP contribution in [0.25, 0.3) is 0 Å². The predicted molar refractivity (Wildman–Crippen MR) is 73.3 cm³/mol. The molecule has 0 radical (unpaired) electrons. The van der Waals surface area contributed by atoms with E-state index >= 15 is 0 Å². The molecule has 2 rings (SSSR count). The van der Waals surface area contributed by atoms with Crippen molar-refractivity contribution in [2.24, 2.45) is 0 Å². The molecule has 2 aromatic carbocycles. The second kappa shape index (κ2) is 6.17. The maximum atomic E-state index is 13.3. The smallest absolute Gasteiger partial charge is 0.272 e. The first kappa shape index (κ1) is 14.7. The highest BCUT2D eigenvalue weighted by Crippen LogP contribution is 2.26. The first-order chi connectivity index (χ1) is 9.99. The Balaban J connectivity index is 2.18. The number of ether oxygens (including phenoxy) is 1. The lowest BCUT2D eigenvalue weighted by atomic mass is 10.2. The maximum absolute atomic E-state index is 13.3. The third-order valence-corrected chi connectivity index (χ3v) is 2.80. The Bertz CT molecular complexity index is 677. The van der Waals surface area contributed by atoms with Gasteiger partial charge in [-0.15, -0.1) is 0 Å². The number of non-ortho nitro benzene ring substituents is 1. The monoisotopic (exact) mass is 294 g/mol. The Kier molecular flexibility index (Phi) is 4.32. The van der Waals surface area contributed by atoms with Crippen molar-refractivity contribution < 1.29 is 18.4 Å². The number of halogens is 2. The van der Waals surface area contributed by atoms with Gasteiger partial charge in [-0.25, -0.2) is 8.78 Å². The molecule has 0 fully saturated rings. The fourth-order valence-electron chi connectivity index (χ4n) is 1.85. The topological polar surface area (TPSA) is 64.4 Å². The summed E-state index contributed by atoms with van der Waals surface area (Å²) in [6, 6.07) is 7.24. The minimum absolute atomic E-state index is 0.139. The number of benzene rings is 2. The normalized spacial score (nSPS) is 10.2. The molecule has 0 aliphatic rings. The van der Waals surface area contributed by atoms with Gasteiger partial charge in [0, 0.05) is 18.7 Å². The Morgan fingerprint density at radius 2 is 1.95 bits per heavy atom. The molecule has 0 aliphatic heterocycles. The van der Waals surface area contributed by atoms with Crippen LogP contribution < -0.4 is 10.1 Å². The molecule has 0 aliphatic carbocycles. The van der Waals surface area contributed by atoms with Crippen molar-refractivity contribution in [1.29, 1.82) is 0 Å². The largest absolute Gasteiger partial charge is 0.494 e. The van der Waals surface area contributed by atoms with E-state index in [9.17, 15) is 18.9 Å². The number of anilines is 1. The fourth-order valence-corrected chi connectivity index (χ4v) is 1.85. The molecule has 0 saturated heterocycles. The van der Waals surface area contributed by atoms with E-state index in [1.807, 2.05) is 0 Å². The van der Waals surface area contributed by atoms with E-state index in [0.717, 1.165) is 6.07 Å². The lowest BCUT2D eigenvalue weighted by Gasteiger charge is -2.11. The Labute approximate surface area is 119 Å². The van der Waals surface area contributed by atoms with Crippen molar-refractivity contribution in [3.63, 3.8) is 0 Å². The molecule has 0 unspecified atom stereocenters. The first-order valence-corrected chi connectivity index (χ1v) is 6.01. The van der Waals surface area contributed by atoms with Crippen molar-refractivity contribution >= 4 is 11.4 Å². The highest BCUT2D eigenvalue weighted by molar-refractivity contribution is 5.56. The Morgan fingerprint density at radius 3 is 2.62 bits per heavy atom. The lowest BCUT2D eigenvalue weighted by Crippen LogP contribution is -2.03. The molecular formula is C14H12F2N2O3. The van der Waals surface area contributed by atoms with Crippen molar-refractivity contribution in [1.82, 2.24) is 0 Å². The number of rotatable bonds is 5. The molecular weight excluding hydrogens is 282 g/mol. The minimum atomic E-state index is -0.688. The standard InChI is InChI=1S/C14H12F2N2O3/c1-21-14-7-10(15)2-3-13(14)17-8-9-4-11(16)6-12(5-9)18(19)20/h2-7,17H,8H2,1H3. The van der Waals surface area contributed by atoms with Crippen molar-refractivity contribution in [3.05, 3.63) is 63.7 Å². The number of nitrogens with zero attached hydrogens (tertiary/aromatic N) is 1. The number of nitro benzene ring substituents is 1. The van der Waals surface area contributed by atoms with Crippen LogP contribution in [0.1, 0.15) is 5.56 Å². The van der Waals surface area contributed by atoms with Gasteiger partial charge < -0.3 is 10.1 Å². The molecule has 21 heavy (non-hydrogen) atoms. The molecule has 0 amide bonds. The summed E-state index contributed by atoms with van der Waals surface area (Å²) in [5.41, 5.74) is 0.580. The molecule has 5 nitrogen and oxygen atoms in total. The van der Waals surface area contributed by atoms with E-state index in [4.69, 9.17) is 4.74 Å². The van der Waals surface area contributed by atoms with Gasteiger partial charge in [-0.2, -0.15) is 0 Å². The molecule has 7 heteroatoms. The van der Waals surface area contributed by atoms with Crippen LogP contribution in [0.2, 0.25) is 0 Å². The SMILES string of the molecule is COc1cc(F)ccc1NCc1cc(F)cc([N+](=O)[O-])c1. The van der Waals surface area contributed by atoms with Gasteiger partial charge in [0.05, 0.1) is 23.8 Å². The summed E-state index contributed by atoms with van der Waals surface area (Å²) in [5, 5.41) is 13.6. The van der Waals surface area contributed by atoms with E-state index in [0.29, 0.717) is 17.0 Å². The van der Waals surface area contributed by atoms with Gasteiger partial charge in [-0.3, -0.25) is 10.1 Å². The van der Waals surface area contributed by atoms with Crippen LogP contribution in [0.3, 0.4) is 0 Å². The summed E-state index contributed by atoms with van der Waals surface area (Å²) >= 11 is 0. The van der Waals surface area contributed by atoms with Crippen LogP contribution in [-0.4, -0.2) is 12.0 Å². The number of nitro groups is 1. The average molecular weight is 294 g/mol. The van der Waals surface area contributed by atoms with Gasteiger partial charge in [0.2, 0.25) is 0 Å². The summed E-state index contributed by atoms with van der Waals surface area (Å²) in [6.07, 6.45) is 0. The number of hydrogen-bond acceptors (Lipinski definition) is 4. The van der Waals surface area contributed by atoms with Crippen LogP contribution in [0.5, 0.6) is 5.75 Å². The van der Waals surface area contributed by atoms with E-state index in [-0.39, 0.29) is 12.2 Å². The first-order valence-electron chi connectivity index (χ1n) is 6.01. The second-order valence-corrected chi connectivity index (χ2v) is 4.27. The minimum Gasteiger partial charge on any atom is -0.494 e. The third-order valence-electron chi connectivity index (χ3n) is 2.80. The summed E-state index contributed by atoms with van der Waals surface area (Å²) < 4.78 is 31.4. The zero-order valence-corrected chi connectivity index (χ0v) is 11.1. The second-order valence-electron chi connectivity index (χ2n) is 4.27. The van der Waals surface area contributed by atoms with Crippen molar-refractivity contribution in [2.45, 2.75) is 6.54 Å². The average Bonchev–Trinajstić information content (AvgIpc) is 2.45. The molecule has 110 valence electrons. The van der Waals surface area contributed by atoms with Gasteiger partial charge >= 0.3 is 0 Å². The molecule has 0 saturated carbocycles. The lowest BCUT2D eigenvalue weighted by molar-refractivity contribution is -0.385. The van der Waals surface area contributed by atoms with Gasteiger partial charge in [0.25, 0.3) is 5.69 Å². The number of nitrogens with one attached hydrogen (secondary N) is 1. The molecule has 0 atom stereocenters. The molecule has 0 spiro atoms. The van der Waals surface area contributed by atoms with Crippen LogP contribution in [-0.2, 0) is 6.54 Å². The van der Waals surface area contributed by atoms with Gasteiger partial charge in [-0.05, 0) is 23.8 Å². The molecule has 2 aromatic rings. The van der Waals surface area contributed by atoms with Crippen molar-refractivity contribution in [2.75, 3.05) is 12.4 Å². The van der Waals surface area contributed by atoms with E-state index < -0.39 is 16.6 Å². The van der Waals surface area contributed by atoms with E-state index in [1.54, 1.807) is 0 Å². The van der Waals surface area contributed by atoms with E-state index in [2.05, 4.69) is 5.32 Å². The molecule has 0 bridgehead atoms. The number of hydrogen-bond donors (Lipinski definition) is 1. The quantitative estimate of drug-likeness (QED) is 0.677. The van der Waals surface area contributed by atoms with Crippen LogP contribution in [0, 0.1) is 21.7 Å². The van der Waals surface area contributed by atoms with Crippen LogP contribution in [0.4, 0.5) is 20.2 Å².